The van der Waals surface area contributed by atoms with Gasteiger partial charge >= 0.3 is 0 Å². The largest absolute Gasteiger partial charge is 0.371 e. The highest BCUT2D eigenvalue weighted by Gasteiger charge is 2.17. The number of hydrogen-bond donors (Lipinski definition) is 0. The van der Waals surface area contributed by atoms with Crippen LogP contribution in [0.25, 0.3) is 0 Å². The van der Waals surface area contributed by atoms with Crippen LogP contribution < -0.4 is 4.90 Å². The predicted octanol–water partition coefficient (Wildman–Crippen LogP) is 2.40. The molecule has 1 aromatic carbocycles. The zero-order valence-electron chi connectivity index (χ0n) is 9.46. The van der Waals surface area contributed by atoms with Gasteiger partial charge in [-0.25, -0.2) is 0 Å². The number of rotatable bonds is 3. The zero-order valence-corrected chi connectivity index (χ0v) is 9.46. The Morgan fingerprint density at radius 1 is 1.24 bits per heavy atom. The Hall–Kier alpha value is -1.91. The van der Waals surface area contributed by atoms with E-state index in [1.807, 2.05) is 0 Å². The van der Waals surface area contributed by atoms with Gasteiger partial charge in [0, 0.05) is 30.8 Å². The van der Waals surface area contributed by atoms with Gasteiger partial charge in [0.1, 0.15) is 0 Å². The molecule has 0 spiro atoms. The van der Waals surface area contributed by atoms with Gasteiger partial charge in [-0.05, 0) is 25.3 Å². The summed E-state index contributed by atoms with van der Waals surface area (Å²) < 4.78 is 0. The van der Waals surface area contributed by atoms with Crippen molar-refractivity contribution < 1.29 is 9.72 Å². The molecule has 1 saturated heterocycles. The average molecular weight is 234 g/mol. The number of nitrogens with zero attached hydrogens (tertiary/aromatic N) is 2. The molecule has 1 fully saturated rings. The van der Waals surface area contributed by atoms with Crippen LogP contribution in [0.15, 0.2) is 18.2 Å². The van der Waals surface area contributed by atoms with Crippen molar-refractivity contribution in [3.63, 3.8) is 0 Å². The van der Waals surface area contributed by atoms with Crippen LogP contribution in [0, 0.1) is 10.1 Å². The minimum Gasteiger partial charge on any atom is -0.371 e. The van der Waals surface area contributed by atoms with Gasteiger partial charge in [0.25, 0.3) is 5.69 Å². The topological polar surface area (TPSA) is 63.4 Å². The fourth-order valence-corrected chi connectivity index (χ4v) is 2.15. The molecule has 0 saturated carbocycles. The Morgan fingerprint density at radius 3 is 2.53 bits per heavy atom. The third-order valence-corrected chi connectivity index (χ3v) is 3.05. The van der Waals surface area contributed by atoms with E-state index in [9.17, 15) is 14.9 Å². The Kier molecular flexibility index (Phi) is 3.37. The standard InChI is InChI=1S/C12H14N2O3/c15-9-10-4-5-11(14(16)17)8-12(10)13-6-2-1-3-7-13/h4-5,8-9H,1-3,6-7H2. The first-order valence-electron chi connectivity index (χ1n) is 5.71. The lowest BCUT2D eigenvalue weighted by Crippen LogP contribution is -2.30. The summed E-state index contributed by atoms with van der Waals surface area (Å²) in [6.45, 7) is 1.73. The molecule has 0 N–H and O–H groups in total. The second kappa shape index (κ2) is 4.95. The van der Waals surface area contributed by atoms with Gasteiger partial charge in [-0.2, -0.15) is 0 Å². The maximum atomic E-state index is 11.0. The van der Waals surface area contributed by atoms with Crippen molar-refractivity contribution in [3.05, 3.63) is 33.9 Å². The van der Waals surface area contributed by atoms with E-state index in [1.165, 1.54) is 24.6 Å². The normalized spacial score (nSPS) is 15.6. The summed E-state index contributed by atoms with van der Waals surface area (Å²) in [4.78, 5) is 23.3. The lowest BCUT2D eigenvalue weighted by Gasteiger charge is -2.29. The average Bonchev–Trinajstić information content (AvgIpc) is 2.39. The first kappa shape index (κ1) is 11.6. The summed E-state index contributed by atoms with van der Waals surface area (Å²) in [6, 6.07) is 4.39. The van der Waals surface area contributed by atoms with Crippen molar-refractivity contribution >= 4 is 17.7 Å². The third-order valence-electron chi connectivity index (χ3n) is 3.05. The molecule has 5 nitrogen and oxygen atoms in total. The lowest BCUT2D eigenvalue weighted by atomic mass is 10.1. The molecule has 0 amide bonds. The summed E-state index contributed by atoms with van der Waals surface area (Å²) in [5.41, 5.74) is 1.25. The second-order valence-corrected chi connectivity index (χ2v) is 4.17. The molecule has 0 unspecified atom stereocenters. The molecule has 1 aliphatic heterocycles. The summed E-state index contributed by atoms with van der Waals surface area (Å²) in [5.74, 6) is 0. The van der Waals surface area contributed by atoms with Crippen molar-refractivity contribution in [2.24, 2.45) is 0 Å². The van der Waals surface area contributed by atoms with Crippen LogP contribution in [0.1, 0.15) is 29.6 Å². The fraction of sp³-hybridized carbons (Fsp3) is 0.417. The van der Waals surface area contributed by atoms with Crippen molar-refractivity contribution in [1.82, 2.24) is 0 Å². The lowest BCUT2D eigenvalue weighted by molar-refractivity contribution is -0.384. The maximum Gasteiger partial charge on any atom is 0.271 e. The quantitative estimate of drug-likeness (QED) is 0.457. The van der Waals surface area contributed by atoms with Crippen molar-refractivity contribution in [2.75, 3.05) is 18.0 Å². The monoisotopic (exact) mass is 234 g/mol. The van der Waals surface area contributed by atoms with E-state index < -0.39 is 4.92 Å². The van der Waals surface area contributed by atoms with Gasteiger partial charge < -0.3 is 4.90 Å². The molecule has 2 rings (SSSR count). The van der Waals surface area contributed by atoms with Gasteiger partial charge in [-0.15, -0.1) is 0 Å². The predicted molar refractivity (Wildman–Crippen MR) is 64.5 cm³/mol. The van der Waals surface area contributed by atoms with Gasteiger partial charge in [-0.3, -0.25) is 14.9 Å². The number of carbonyl (C=O) groups excluding carboxylic acids is 1. The number of anilines is 1. The number of hydrogen-bond acceptors (Lipinski definition) is 4. The number of carbonyl (C=O) groups is 1. The molecule has 0 radical (unpaired) electrons. The first-order chi connectivity index (χ1) is 8.22. The van der Waals surface area contributed by atoms with Crippen LogP contribution in [-0.2, 0) is 0 Å². The minimum atomic E-state index is -0.429. The number of nitro benzene ring substituents is 1. The van der Waals surface area contributed by atoms with E-state index in [4.69, 9.17) is 0 Å². The SMILES string of the molecule is O=Cc1ccc([N+](=O)[O-])cc1N1CCCCC1. The fourth-order valence-electron chi connectivity index (χ4n) is 2.15. The van der Waals surface area contributed by atoms with E-state index in [1.54, 1.807) is 0 Å². The highest BCUT2D eigenvalue weighted by atomic mass is 16.6. The molecule has 0 aliphatic carbocycles. The van der Waals surface area contributed by atoms with Crippen LogP contribution in [0.5, 0.6) is 0 Å². The number of benzene rings is 1. The van der Waals surface area contributed by atoms with E-state index >= 15 is 0 Å². The number of aldehydes is 1. The van der Waals surface area contributed by atoms with Gasteiger partial charge in [-0.1, -0.05) is 0 Å². The highest BCUT2D eigenvalue weighted by Crippen LogP contribution is 2.27. The molecule has 0 atom stereocenters. The Morgan fingerprint density at radius 2 is 1.94 bits per heavy atom. The van der Waals surface area contributed by atoms with Crippen LogP contribution in [0.2, 0.25) is 0 Å². The summed E-state index contributed by atoms with van der Waals surface area (Å²) in [5, 5.41) is 10.7. The number of piperidine rings is 1. The smallest absolute Gasteiger partial charge is 0.271 e. The third kappa shape index (κ3) is 2.43. The number of non-ortho nitro benzene ring substituents is 1. The summed E-state index contributed by atoms with van der Waals surface area (Å²) in [7, 11) is 0. The van der Waals surface area contributed by atoms with Crippen molar-refractivity contribution in [3.8, 4) is 0 Å². The van der Waals surface area contributed by atoms with Gasteiger partial charge in [0.15, 0.2) is 6.29 Å². The molecular weight excluding hydrogens is 220 g/mol. The van der Waals surface area contributed by atoms with Crippen LogP contribution in [0.3, 0.4) is 0 Å². The molecule has 1 aromatic rings. The molecular formula is C12H14N2O3. The second-order valence-electron chi connectivity index (χ2n) is 4.17. The summed E-state index contributed by atoms with van der Waals surface area (Å²) >= 11 is 0. The molecule has 5 heteroatoms. The van der Waals surface area contributed by atoms with Crippen LogP contribution in [-0.4, -0.2) is 24.3 Å². The van der Waals surface area contributed by atoms with E-state index in [0.717, 1.165) is 32.2 Å². The Balaban J connectivity index is 2.37. The zero-order chi connectivity index (χ0) is 12.3. The van der Waals surface area contributed by atoms with Crippen LogP contribution >= 0.6 is 0 Å². The highest BCUT2D eigenvalue weighted by molar-refractivity contribution is 5.85. The Bertz CT molecular complexity index is 439. The molecule has 0 aromatic heterocycles. The molecule has 1 heterocycles. The van der Waals surface area contributed by atoms with E-state index in [-0.39, 0.29) is 5.69 Å². The first-order valence-corrected chi connectivity index (χ1v) is 5.71. The molecule has 90 valence electrons. The van der Waals surface area contributed by atoms with Crippen LogP contribution in [0.4, 0.5) is 11.4 Å². The Labute approximate surface area is 99.2 Å². The molecule has 0 bridgehead atoms. The molecule has 1 aliphatic rings. The van der Waals surface area contributed by atoms with E-state index in [2.05, 4.69) is 4.90 Å². The van der Waals surface area contributed by atoms with Crippen molar-refractivity contribution in [1.29, 1.82) is 0 Å². The molecule has 17 heavy (non-hydrogen) atoms. The van der Waals surface area contributed by atoms with Gasteiger partial charge in [0.2, 0.25) is 0 Å². The number of nitro groups is 1. The van der Waals surface area contributed by atoms with E-state index in [0.29, 0.717) is 11.3 Å². The maximum absolute atomic E-state index is 11.0. The minimum absolute atomic E-state index is 0.0381. The summed E-state index contributed by atoms with van der Waals surface area (Å²) in [6.07, 6.45) is 4.08. The van der Waals surface area contributed by atoms with Crippen molar-refractivity contribution in [2.45, 2.75) is 19.3 Å². The van der Waals surface area contributed by atoms with Gasteiger partial charge in [0.05, 0.1) is 10.6 Å².